The van der Waals surface area contributed by atoms with Crippen molar-refractivity contribution in [1.29, 1.82) is 0 Å². The summed E-state index contributed by atoms with van der Waals surface area (Å²) in [6.45, 7) is 4.49. The molecule has 4 nitrogen and oxygen atoms in total. The van der Waals surface area contributed by atoms with Gasteiger partial charge in [-0.2, -0.15) is 0 Å². The van der Waals surface area contributed by atoms with Crippen molar-refractivity contribution in [1.82, 2.24) is 5.32 Å². The number of ether oxygens (including phenoxy) is 1. The molecule has 1 unspecified atom stereocenters. The van der Waals surface area contributed by atoms with E-state index < -0.39 is 6.10 Å². The fraction of sp³-hybridized carbons (Fsp3) is 0.889. The molecule has 0 aromatic rings. The molecule has 0 aromatic heterocycles. The third kappa shape index (κ3) is 7.74. The first-order valence-electron chi connectivity index (χ1n) is 4.50. The summed E-state index contributed by atoms with van der Waals surface area (Å²) in [5.74, 6) is 0.185. The van der Waals surface area contributed by atoms with Gasteiger partial charge >= 0.3 is 0 Å². The van der Waals surface area contributed by atoms with Crippen molar-refractivity contribution in [2.75, 3.05) is 20.3 Å². The molecular formula is C9H19NO3. The molecule has 0 bridgehead atoms. The second-order valence-electron chi connectivity index (χ2n) is 3.42. The Morgan fingerprint density at radius 2 is 2.15 bits per heavy atom. The van der Waals surface area contributed by atoms with E-state index in [1.165, 1.54) is 0 Å². The van der Waals surface area contributed by atoms with Crippen LogP contribution in [0, 0.1) is 5.92 Å². The van der Waals surface area contributed by atoms with E-state index in [-0.39, 0.29) is 11.8 Å². The zero-order valence-electron chi connectivity index (χ0n) is 8.54. The molecule has 0 saturated carbocycles. The molecule has 0 fully saturated rings. The molecule has 13 heavy (non-hydrogen) atoms. The number of carbonyl (C=O) groups is 1. The van der Waals surface area contributed by atoms with Crippen LogP contribution in [0.2, 0.25) is 0 Å². The number of rotatable bonds is 6. The Kier molecular flexibility index (Phi) is 6.54. The van der Waals surface area contributed by atoms with Gasteiger partial charge in [0.2, 0.25) is 5.91 Å². The van der Waals surface area contributed by atoms with Crippen molar-refractivity contribution in [2.24, 2.45) is 5.92 Å². The van der Waals surface area contributed by atoms with Crippen LogP contribution < -0.4 is 5.32 Å². The van der Waals surface area contributed by atoms with Gasteiger partial charge in [-0.3, -0.25) is 4.79 Å². The minimum atomic E-state index is -0.485. The summed E-state index contributed by atoms with van der Waals surface area (Å²) in [5.41, 5.74) is 0. The summed E-state index contributed by atoms with van der Waals surface area (Å²) >= 11 is 0. The van der Waals surface area contributed by atoms with Crippen LogP contribution in [0.25, 0.3) is 0 Å². The number of carbonyl (C=O) groups excluding carboxylic acids is 1. The molecule has 1 amide bonds. The SMILES string of the molecule is COCC(C)CC(=O)NC[C@H](C)O. The van der Waals surface area contributed by atoms with Crippen molar-refractivity contribution in [2.45, 2.75) is 26.4 Å². The highest BCUT2D eigenvalue weighted by Gasteiger charge is 2.08. The lowest BCUT2D eigenvalue weighted by Gasteiger charge is -2.11. The van der Waals surface area contributed by atoms with Crippen LogP contribution in [-0.4, -0.2) is 37.4 Å². The average Bonchev–Trinajstić information content (AvgIpc) is 2.01. The standard InChI is InChI=1S/C9H19NO3/c1-7(6-13-3)4-9(12)10-5-8(2)11/h7-8,11H,4-6H2,1-3H3,(H,10,12)/t7?,8-/m0/s1. The molecule has 0 saturated heterocycles. The fourth-order valence-corrected chi connectivity index (χ4v) is 0.994. The van der Waals surface area contributed by atoms with Crippen LogP contribution >= 0.6 is 0 Å². The van der Waals surface area contributed by atoms with Gasteiger partial charge in [-0.05, 0) is 12.8 Å². The van der Waals surface area contributed by atoms with Crippen molar-refractivity contribution < 1.29 is 14.6 Å². The van der Waals surface area contributed by atoms with Gasteiger partial charge in [0.25, 0.3) is 0 Å². The molecule has 0 aliphatic heterocycles. The lowest BCUT2D eigenvalue weighted by Crippen LogP contribution is -2.31. The molecular weight excluding hydrogens is 170 g/mol. The fourth-order valence-electron chi connectivity index (χ4n) is 0.994. The Labute approximate surface area is 79.3 Å². The van der Waals surface area contributed by atoms with Gasteiger partial charge in [0.1, 0.15) is 0 Å². The van der Waals surface area contributed by atoms with E-state index in [9.17, 15) is 4.79 Å². The predicted molar refractivity (Wildman–Crippen MR) is 50.3 cm³/mol. The summed E-state index contributed by atoms with van der Waals surface area (Å²) in [6.07, 6.45) is -0.0396. The zero-order chi connectivity index (χ0) is 10.3. The van der Waals surface area contributed by atoms with Gasteiger partial charge in [0, 0.05) is 26.7 Å². The number of methoxy groups -OCH3 is 1. The van der Waals surface area contributed by atoms with E-state index in [1.54, 1.807) is 14.0 Å². The van der Waals surface area contributed by atoms with Crippen LogP contribution in [-0.2, 0) is 9.53 Å². The quantitative estimate of drug-likeness (QED) is 0.625. The third-order valence-electron chi connectivity index (χ3n) is 1.58. The van der Waals surface area contributed by atoms with E-state index in [0.29, 0.717) is 19.6 Å². The first kappa shape index (κ1) is 12.4. The lowest BCUT2D eigenvalue weighted by molar-refractivity contribution is -0.122. The van der Waals surface area contributed by atoms with Gasteiger partial charge < -0.3 is 15.2 Å². The monoisotopic (exact) mass is 189 g/mol. The van der Waals surface area contributed by atoms with Crippen LogP contribution in [0.15, 0.2) is 0 Å². The molecule has 78 valence electrons. The number of hydrogen-bond acceptors (Lipinski definition) is 3. The summed E-state index contributed by atoms with van der Waals surface area (Å²) in [6, 6.07) is 0. The molecule has 2 atom stereocenters. The van der Waals surface area contributed by atoms with Gasteiger partial charge in [-0.25, -0.2) is 0 Å². The highest BCUT2D eigenvalue weighted by Crippen LogP contribution is 2.00. The van der Waals surface area contributed by atoms with Crippen molar-refractivity contribution in [3.05, 3.63) is 0 Å². The molecule has 0 radical (unpaired) electrons. The highest BCUT2D eigenvalue weighted by molar-refractivity contribution is 5.76. The summed E-state index contributed by atoms with van der Waals surface area (Å²) in [7, 11) is 1.62. The van der Waals surface area contributed by atoms with E-state index in [0.717, 1.165) is 0 Å². The van der Waals surface area contributed by atoms with Crippen LogP contribution in [0.5, 0.6) is 0 Å². The number of aliphatic hydroxyl groups is 1. The smallest absolute Gasteiger partial charge is 0.220 e. The van der Waals surface area contributed by atoms with Gasteiger partial charge in [0.05, 0.1) is 6.10 Å². The first-order chi connectivity index (χ1) is 6.06. The van der Waals surface area contributed by atoms with Crippen LogP contribution in [0.3, 0.4) is 0 Å². The summed E-state index contributed by atoms with van der Waals surface area (Å²) in [4.78, 5) is 11.2. The van der Waals surface area contributed by atoms with Crippen molar-refractivity contribution >= 4 is 5.91 Å². The number of nitrogens with one attached hydrogen (secondary N) is 1. The minimum Gasteiger partial charge on any atom is -0.392 e. The zero-order valence-corrected chi connectivity index (χ0v) is 8.54. The van der Waals surface area contributed by atoms with E-state index in [2.05, 4.69) is 5.32 Å². The molecule has 0 spiro atoms. The predicted octanol–water partition coefficient (Wildman–Crippen LogP) is 0.156. The number of amides is 1. The first-order valence-corrected chi connectivity index (χ1v) is 4.50. The molecule has 0 aliphatic carbocycles. The normalized spacial score (nSPS) is 15.1. The Morgan fingerprint density at radius 3 is 2.62 bits per heavy atom. The van der Waals surface area contributed by atoms with Gasteiger partial charge in [-0.1, -0.05) is 6.92 Å². The van der Waals surface area contributed by atoms with Gasteiger partial charge in [0.15, 0.2) is 0 Å². The highest BCUT2D eigenvalue weighted by atomic mass is 16.5. The van der Waals surface area contributed by atoms with Crippen LogP contribution in [0.1, 0.15) is 20.3 Å². The number of hydrogen-bond donors (Lipinski definition) is 2. The topological polar surface area (TPSA) is 58.6 Å². The Hall–Kier alpha value is -0.610. The number of aliphatic hydroxyl groups excluding tert-OH is 1. The minimum absolute atomic E-state index is 0.0366. The maximum atomic E-state index is 11.2. The molecule has 0 heterocycles. The molecule has 0 rings (SSSR count). The Bertz CT molecular complexity index is 148. The molecule has 4 heteroatoms. The third-order valence-corrected chi connectivity index (χ3v) is 1.58. The Morgan fingerprint density at radius 1 is 1.54 bits per heavy atom. The summed E-state index contributed by atoms with van der Waals surface area (Å²) in [5, 5.41) is 11.5. The van der Waals surface area contributed by atoms with Gasteiger partial charge in [-0.15, -0.1) is 0 Å². The van der Waals surface area contributed by atoms with Crippen molar-refractivity contribution in [3.63, 3.8) is 0 Å². The van der Waals surface area contributed by atoms with E-state index in [4.69, 9.17) is 9.84 Å². The lowest BCUT2D eigenvalue weighted by atomic mass is 10.1. The summed E-state index contributed by atoms with van der Waals surface area (Å²) < 4.78 is 4.90. The maximum Gasteiger partial charge on any atom is 0.220 e. The molecule has 0 aliphatic rings. The second-order valence-corrected chi connectivity index (χ2v) is 3.42. The molecule has 2 N–H and O–H groups in total. The van der Waals surface area contributed by atoms with Crippen molar-refractivity contribution in [3.8, 4) is 0 Å². The Balaban J connectivity index is 3.50. The molecule has 0 aromatic carbocycles. The van der Waals surface area contributed by atoms with E-state index >= 15 is 0 Å². The average molecular weight is 189 g/mol. The van der Waals surface area contributed by atoms with Crippen LogP contribution in [0.4, 0.5) is 0 Å². The maximum absolute atomic E-state index is 11.2. The largest absolute Gasteiger partial charge is 0.392 e. The van der Waals surface area contributed by atoms with E-state index in [1.807, 2.05) is 6.92 Å². The second kappa shape index (κ2) is 6.86.